The van der Waals surface area contributed by atoms with Crippen molar-refractivity contribution in [2.75, 3.05) is 50.2 Å². The van der Waals surface area contributed by atoms with Crippen LogP contribution in [0.25, 0.3) is 10.9 Å². The van der Waals surface area contributed by atoms with E-state index in [-0.39, 0.29) is 11.4 Å². The molecule has 0 bridgehead atoms. The number of aromatic hydroxyl groups is 1. The van der Waals surface area contributed by atoms with Gasteiger partial charge in [0.05, 0.1) is 18.3 Å². The third kappa shape index (κ3) is 4.77. The Labute approximate surface area is 184 Å². The third-order valence-electron chi connectivity index (χ3n) is 5.32. The number of nitrogens with one attached hydrogen (secondary N) is 1. The van der Waals surface area contributed by atoms with Gasteiger partial charge in [0.1, 0.15) is 30.3 Å². The van der Waals surface area contributed by atoms with Crippen molar-refractivity contribution in [2.45, 2.75) is 6.92 Å². The number of halogens is 1. The van der Waals surface area contributed by atoms with Crippen molar-refractivity contribution in [2.24, 2.45) is 0 Å². The number of thioether (sulfide) groups is 1. The maximum Gasteiger partial charge on any atom is 0.163 e. The van der Waals surface area contributed by atoms with Gasteiger partial charge in [-0.15, -0.1) is 0 Å². The maximum absolute atomic E-state index is 14.4. The molecular formula is C22H25FN4O3S. The quantitative estimate of drug-likeness (QED) is 0.567. The molecule has 0 saturated carbocycles. The molecule has 0 atom stereocenters. The molecule has 0 amide bonds. The Hall–Kier alpha value is -2.78. The fourth-order valence-corrected chi connectivity index (χ4v) is 4.46. The molecule has 1 aliphatic rings. The van der Waals surface area contributed by atoms with Crippen LogP contribution in [-0.4, -0.2) is 64.8 Å². The average Bonchev–Trinajstić information content (AvgIpc) is 2.79. The summed E-state index contributed by atoms with van der Waals surface area (Å²) in [6.45, 7) is 5.20. The number of hydrogen-bond acceptors (Lipinski definition) is 8. The Balaban J connectivity index is 1.59. The Morgan fingerprint density at radius 3 is 2.77 bits per heavy atom. The molecule has 0 spiro atoms. The Morgan fingerprint density at radius 1 is 1.19 bits per heavy atom. The molecule has 164 valence electrons. The van der Waals surface area contributed by atoms with E-state index in [0.29, 0.717) is 40.4 Å². The minimum Gasteiger partial charge on any atom is -0.508 e. The number of fused-ring (bicyclic) bond motifs is 1. The van der Waals surface area contributed by atoms with Gasteiger partial charge in [-0.25, -0.2) is 14.4 Å². The molecule has 1 aliphatic heterocycles. The van der Waals surface area contributed by atoms with Crippen molar-refractivity contribution in [1.29, 1.82) is 0 Å². The lowest BCUT2D eigenvalue weighted by Gasteiger charge is -2.26. The van der Waals surface area contributed by atoms with Crippen LogP contribution in [0, 0.1) is 12.7 Å². The molecule has 0 aliphatic carbocycles. The Morgan fingerprint density at radius 2 is 2.00 bits per heavy atom. The first kappa shape index (κ1) is 21.5. The number of methoxy groups -OCH3 is 1. The van der Waals surface area contributed by atoms with Crippen molar-refractivity contribution in [3.05, 3.63) is 42.0 Å². The van der Waals surface area contributed by atoms with E-state index in [2.05, 4.69) is 20.2 Å². The van der Waals surface area contributed by atoms with Crippen LogP contribution < -0.4 is 14.8 Å². The van der Waals surface area contributed by atoms with E-state index in [0.717, 1.165) is 31.1 Å². The van der Waals surface area contributed by atoms with E-state index in [9.17, 15) is 9.50 Å². The summed E-state index contributed by atoms with van der Waals surface area (Å²) >= 11 is 1.98. The number of rotatable bonds is 7. The third-order valence-corrected chi connectivity index (χ3v) is 6.26. The lowest BCUT2D eigenvalue weighted by atomic mass is 10.1. The van der Waals surface area contributed by atoms with E-state index < -0.39 is 5.82 Å². The molecule has 9 heteroatoms. The van der Waals surface area contributed by atoms with Crippen LogP contribution in [0.3, 0.4) is 0 Å². The topological polar surface area (TPSA) is 79.7 Å². The zero-order valence-electron chi connectivity index (χ0n) is 17.5. The van der Waals surface area contributed by atoms with Gasteiger partial charge in [0.25, 0.3) is 0 Å². The van der Waals surface area contributed by atoms with E-state index >= 15 is 0 Å². The van der Waals surface area contributed by atoms with Crippen LogP contribution in [0.5, 0.6) is 17.2 Å². The molecule has 1 aromatic heterocycles. The van der Waals surface area contributed by atoms with E-state index in [1.165, 1.54) is 18.5 Å². The second kappa shape index (κ2) is 9.57. The molecule has 1 saturated heterocycles. The zero-order valence-corrected chi connectivity index (χ0v) is 18.3. The summed E-state index contributed by atoms with van der Waals surface area (Å²) in [6.07, 6.45) is 1.41. The highest BCUT2D eigenvalue weighted by molar-refractivity contribution is 7.99. The van der Waals surface area contributed by atoms with E-state index in [1.54, 1.807) is 26.2 Å². The first-order valence-electron chi connectivity index (χ1n) is 10.1. The van der Waals surface area contributed by atoms with Crippen LogP contribution in [-0.2, 0) is 0 Å². The fraction of sp³-hybridized carbons (Fsp3) is 0.364. The summed E-state index contributed by atoms with van der Waals surface area (Å²) in [4.78, 5) is 11.0. The van der Waals surface area contributed by atoms with Gasteiger partial charge < -0.3 is 19.9 Å². The molecule has 4 rings (SSSR count). The molecule has 2 N–H and O–H groups in total. The van der Waals surface area contributed by atoms with Crippen LogP contribution in [0.2, 0.25) is 0 Å². The molecule has 3 aromatic rings. The number of aromatic nitrogens is 2. The van der Waals surface area contributed by atoms with Crippen LogP contribution in [0.15, 0.2) is 30.6 Å². The number of hydrogen-bond donors (Lipinski definition) is 2. The monoisotopic (exact) mass is 444 g/mol. The van der Waals surface area contributed by atoms with Gasteiger partial charge >= 0.3 is 0 Å². The van der Waals surface area contributed by atoms with E-state index in [4.69, 9.17) is 9.47 Å². The van der Waals surface area contributed by atoms with Gasteiger partial charge in [0, 0.05) is 48.2 Å². The molecule has 1 fully saturated rings. The summed E-state index contributed by atoms with van der Waals surface area (Å²) in [5, 5.41) is 13.6. The van der Waals surface area contributed by atoms with Gasteiger partial charge in [0.15, 0.2) is 11.5 Å². The second-order valence-electron chi connectivity index (χ2n) is 7.24. The van der Waals surface area contributed by atoms with Crippen molar-refractivity contribution in [3.8, 4) is 17.2 Å². The van der Waals surface area contributed by atoms with E-state index in [1.807, 2.05) is 11.8 Å². The molecule has 2 aromatic carbocycles. The fourth-order valence-electron chi connectivity index (χ4n) is 3.48. The van der Waals surface area contributed by atoms with Gasteiger partial charge in [-0.1, -0.05) is 0 Å². The standard InChI is InChI=1S/C22H25FN4O3S/c1-14-18(28)4-3-16(23)21(14)26-22-15-11-19(29-2)20(12-17(15)24-13-25-22)30-8-5-27-6-9-31-10-7-27/h3-4,11-13,28H,5-10H2,1-2H3,(H,24,25,26). The summed E-state index contributed by atoms with van der Waals surface area (Å²) < 4.78 is 25.9. The lowest BCUT2D eigenvalue weighted by Crippen LogP contribution is -2.35. The van der Waals surface area contributed by atoms with Gasteiger partial charge in [0.2, 0.25) is 0 Å². The van der Waals surface area contributed by atoms with Crippen LogP contribution in [0.4, 0.5) is 15.9 Å². The number of anilines is 2. The summed E-state index contributed by atoms with van der Waals surface area (Å²) in [7, 11) is 1.58. The highest BCUT2D eigenvalue weighted by Crippen LogP contribution is 2.36. The molecule has 2 heterocycles. The molecular weight excluding hydrogens is 419 g/mol. The summed E-state index contributed by atoms with van der Waals surface area (Å²) in [5.74, 6) is 3.40. The largest absolute Gasteiger partial charge is 0.508 e. The zero-order chi connectivity index (χ0) is 21.8. The number of ether oxygens (including phenoxy) is 2. The SMILES string of the molecule is COc1cc2c(Nc3c(F)ccc(O)c3C)ncnc2cc1OCCN1CCSCC1. The Bertz CT molecular complexity index is 1080. The number of phenols is 1. The number of benzene rings is 2. The van der Waals surface area contributed by atoms with Crippen molar-refractivity contribution < 1.29 is 19.0 Å². The summed E-state index contributed by atoms with van der Waals surface area (Å²) in [5.41, 5.74) is 1.20. The van der Waals surface area contributed by atoms with Crippen LogP contribution >= 0.6 is 11.8 Å². The minimum atomic E-state index is -0.481. The van der Waals surface area contributed by atoms with Gasteiger partial charge in [-0.05, 0) is 25.1 Å². The van der Waals surface area contributed by atoms with Gasteiger partial charge in [-0.3, -0.25) is 4.90 Å². The first-order chi connectivity index (χ1) is 15.1. The predicted octanol–water partition coefficient (Wildman–Crippen LogP) is 3.96. The second-order valence-corrected chi connectivity index (χ2v) is 8.46. The van der Waals surface area contributed by atoms with Crippen LogP contribution in [0.1, 0.15) is 5.56 Å². The van der Waals surface area contributed by atoms with Crippen molar-refractivity contribution >= 4 is 34.2 Å². The Kier molecular flexibility index (Phi) is 6.62. The molecule has 0 unspecified atom stereocenters. The molecule has 0 radical (unpaired) electrons. The van der Waals surface area contributed by atoms with Gasteiger partial charge in [-0.2, -0.15) is 11.8 Å². The average molecular weight is 445 g/mol. The lowest BCUT2D eigenvalue weighted by molar-refractivity contribution is 0.217. The van der Waals surface area contributed by atoms with Crippen molar-refractivity contribution in [3.63, 3.8) is 0 Å². The highest BCUT2D eigenvalue weighted by Gasteiger charge is 2.16. The minimum absolute atomic E-state index is 0.00262. The summed E-state index contributed by atoms with van der Waals surface area (Å²) in [6, 6.07) is 6.12. The number of nitrogens with zero attached hydrogens (tertiary/aromatic N) is 3. The molecule has 31 heavy (non-hydrogen) atoms. The normalized spacial score (nSPS) is 14.5. The smallest absolute Gasteiger partial charge is 0.163 e. The maximum atomic E-state index is 14.4. The predicted molar refractivity (Wildman–Crippen MR) is 121 cm³/mol. The highest BCUT2D eigenvalue weighted by atomic mass is 32.2. The first-order valence-corrected chi connectivity index (χ1v) is 11.2. The molecule has 7 nitrogen and oxygen atoms in total. The van der Waals surface area contributed by atoms with Crippen molar-refractivity contribution in [1.82, 2.24) is 14.9 Å². The number of phenolic OH excluding ortho intramolecular Hbond substituents is 1.